The number of carbonyl (C=O) groups excluding carboxylic acids is 3. The monoisotopic (exact) mass is 735 g/mol. The van der Waals surface area contributed by atoms with Gasteiger partial charge in [-0.1, -0.05) is 72.8 Å². The summed E-state index contributed by atoms with van der Waals surface area (Å²) in [6.45, 7) is 8.59. The zero-order valence-corrected chi connectivity index (χ0v) is 31.5. The van der Waals surface area contributed by atoms with Crippen molar-refractivity contribution in [3.05, 3.63) is 132 Å². The van der Waals surface area contributed by atoms with Crippen LogP contribution in [0.2, 0.25) is 0 Å². The van der Waals surface area contributed by atoms with Gasteiger partial charge in [0.25, 0.3) is 5.91 Å². The van der Waals surface area contributed by atoms with Crippen LogP contribution >= 0.6 is 0 Å². The summed E-state index contributed by atoms with van der Waals surface area (Å²) in [4.78, 5) is 56.8. The first-order valence-corrected chi connectivity index (χ1v) is 18.5. The van der Waals surface area contributed by atoms with Crippen molar-refractivity contribution in [2.24, 2.45) is 0 Å². The Morgan fingerprint density at radius 1 is 0.818 bits per heavy atom. The molecule has 0 saturated carbocycles. The molecule has 0 bridgehead atoms. The Morgan fingerprint density at radius 2 is 1.47 bits per heavy atom. The van der Waals surface area contributed by atoms with Crippen molar-refractivity contribution < 1.29 is 19.1 Å². The van der Waals surface area contributed by atoms with Gasteiger partial charge in [-0.25, -0.2) is 14.8 Å². The first-order valence-electron chi connectivity index (χ1n) is 18.5. The van der Waals surface area contributed by atoms with E-state index in [1.54, 1.807) is 26.8 Å². The highest BCUT2D eigenvalue weighted by Crippen LogP contribution is 2.32. The van der Waals surface area contributed by atoms with Crippen molar-refractivity contribution in [3.8, 4) is 11.1 Å². The highest BCUT2D eigenvalue weighted by atomic mass is 16.6. The van der Waals surface area contributed by atoms with Gasteiger partial charge in [0.05, 0.1) is 23.4 Å². The topological polar surface area (TPSA) is 133 Å². The minimum absolute atomic E-state index is 0.0307. The van der Waals surface area contributed by atoms with Crippen molar-refractivity contribution in [1.29, 1.82) is 0 Å². The maximum Gasteiger partial charge on any atom is 0.412 e. The smallest absolute Gasteiger partial charge is 0.412 e. The molecular weight excluding hydrogens is 691 g/mol. The number of hydrogen-bond donors (Lipinski definition) is 3. The summed E-state index contributed by atoms with van der Waals surface area (Å²) in [5.41, 5.74) is 6.18. The predicted octanol–water partition coefficient (Wildman–Crippen LogP) is 8.90. The van der Waals surface area contributed by atoms with E-state index in [9.17, 15) is 14.4 Å². The largest absolute Gasteiger partial charge is 0.444 e. The van der Waals surface area contributed by atoms with Crippen LogP contribution in [0.15, 0.2) is 116 Å². The summed E-state index contributed by atoms with van der Waals surface area (Å²) in [6.07, 6.45) is 4.19. The third-order valence-corrected chi connectivity index (χ3v) is 9.70. The Bertz CT molecular complexity index is 2290. The van der Waals surface area contributed by atoms with Crippen LogP contribution in [0.25, 0.3) is 22.0 Å². The Kier molecular flexibility index (Phi) is 10.6. The summed E-state index contributed by atoms with van der Waals surface area (Å²) in [5, 5.41) is 6.81. The van der Waals surface area contributed by atoms with Crippen LogP contribution in [0.3, 0.4) is 0 Å². The van der Waals surface area contributed by atoms with E-state index >= 15 is 0 Å². The SMILES string of the molecule is Cc1[nH]c2ccccc2c1CC(=O)N1CCC(N(c2ccccc2)c2ncc(C(=O)Nc3cc(-c4ccccc4)ccc3NC(=O)OC(C)(C)C)cn2)CC1. The van der Waals surface area contributed by atoms with E-state index in [1.165, 1.54) is 12.4 Å². The van der Waals surface area contributed by atoms with Gasteiger partial charge < -0.3 is 24.8 Å². The molecule has 6 aromatic rings. The quantitative estimate of drug-likeness (QED) is 0.135. The summed E-state index contributed by atoms with van der Waals surface area (Å²) >= 11 is 0. The lowest BCUT2D eigenvalue weighted by atomic mass is 10.0. The minimum Gasteiger partial charge on any atom is -0.444 e. The summed E-state index contributed by atoms with van der Waals surface area (Å²) in [5.74, 6) is 0.135. The average molecular weight is 736 g/mol. The molecule has 11 heteroatoms. The van der Waals surface area contributed by atoms with E-state index in [1.807, 2.05) is 103 Å². The van der Waals surface area contributed by atoms with E-state index in [4.69, 9.17) is 14.7 Å². The fraction of sp³-hybridized carbons (Fsp3) is 0.250. The predicted molar refractivity (Wildman–Crippen MR) is 217 cm³/mol. The number of fused-ring (bicyclic) bond motifs is 1. The van der Waals surface area contributed by atoms with Gasteiger partial charge in [0.15, 0.2) is 0 Å². The normalized spacial score (nSPS) is 13.3. The molecule has 0 atom stereocenters. The van der Waals surface area contributed by atoms with Crippen molar-refractivity contribution in [2.45, 2.75) is 58.6 Å². The molecule has 2 aromatic heterocycles. The Labute approximate surface area is 320 Å². The lowest BCUT2D eigenvalue weighted by Gasteiger charge is -2.38. The number of aromatic amines is 1. The number of likely N-dealkylation sites (tertiary alicyclic amines) is 1. The number of benzene rings is 4. The number of nitrogens with one attached hydrogen (secondary N) is 3. The molecule has 1 aliphatic rings. The van der Waals surface area contributed by atoms with Gasteiger partial charge in [-0.3, -0.25) is 14.9 Å². The number of ether oxygens (including phenoxy) is 1. The third-order valence-electron chi connectivity index (χ3n) is 9.70. The fourth-order valence-corrected chi connectivity index (χ4v) is 7.01. The zero-order valence-electron chi connectivity index (χ0n) is 31.5. The standard InChI is InChI=1S/C44H45N7O4/c1-29-36(35-17-11-12-18-37(35)47-29)26-40(52)50-23-21-34(22-24-50)51(33-15-9-6-10-16-33)42-45-27-32(28-46-42)41(53)48-39-25-31(30-13-7-5-8-14-30)19-20-38(39)49-43(54)55-44(2,3)4/h5-20,25,27-28,34,47H,21-24,26H2,1-4H3,(H,48,53)(H,49,54). The van der Waals surface area contributed by atoms with Crippen molar-refractivity contribution in [2.75, 3.05) is 28.6 Å². The van der Waals surface area contributed by atoms with E-state index in [2.05, 4.69) is 26.6 Å². The number of anilines is 4. The molecule has 3 N–H and O–H groups in total. The van der Waals surface area contributed by atoms with Gasteiger partial charge in [0.2, 0.25) is 11.9 Å². The highest BCUT2D eigenvalue weighted by molar-refractivity contribution is 6.07. The molecule has 7 rings (SSSR count). The molecule has 1 aliphatic heterocycles. The average Bonchev–Trinajstić information content (AvgIpc) is 3.50. The van der Waals surface area contributed by atoms with Crippen LogP contribution in [0.1, 0.15) is 55.2 Å². The lowest BCUT2D eigenvalue weighted by Crippen LogP contribution is -2.46. The maximum absolute atomic E-state index is 13.7. The van der Waals surface area contributed by atoms with Gasteiger partial charge >= 0.3 is 6.09 Å². The number of nitrogens with zero attached hydrogens (tertiary/aromatic N) is 4. The fourth-order valence-electron chi connectivity index (χ4n) is 7.01. The molecule has 1 saturated heterocycles. The Hall–Kier alpha value is -6.49. The second-order valence-electron chi connectivity index (χ2n) is 14.7. The van der Waals surface area contributed by atoms with Crippen LogP contribution in [0.4, 0.5) is 27.8 Å². The molecule has 1 fully saturated rings. The van der Waals surface area contributed by atoms with Crippen molar-refractivity contribution in [1.82, 2.24) is 19.9 Å². The molecule has 0 spiro atoms. The molecular formula is C44H45N7O4. The number of H-pyrrole nitrogens is 1. The molecule has 0 aliphatic carbocycles. The lowest BCUT2D eigenvalue weighted by molar-refractivity contribution is -0.131. The van der Waals surface area contributed by atoms with E-state index in [0.29, 0.717) is 36.8 Å². The maximum atomic E-state index is 13.7. The molecule has 4 aromatic carbocycles. The third kappa shape index (κ3) is 8.67. The van der Waals surface area contributed by atoms with E-state index in [-0.39, 0.29) is 17.5 Å². The van der Waals surface area contributed by atoms with Crippen LogP contribution in [-0.4, -0.2) is 62.5 Å². The number of amides is 3. The number of rotatable bonds is 9. The van der Waals surface area contributed by atoms with E-state index in [0.717, 1.165) is 51.8 Å². The molecule has 0 radical (unpaired) electrons. The van der Waals surface area contributed by atoms with Gasteiger partial charge in [0.1, 0.15) is 5.60 Å². The van der Waals surface area contributed by atoms with Crippen LogP contribution in [-0.2, 0) is 16.0 Å². The summed E-state index contributed by atoms with van der Waals surface area (Å²) in [7, 11) is 0. The van der Waals surface area contributed by atoms with Crippen LogP contribution < -0.4 is 15.5 Å². The van der Waals surface area contributed by atoms with Gasteiger partial charge in [0, 0.05) is 53.8 Å². The molecule has 0 unspecified atom stereocenters. The zero-order chi connectivity index (χ0) is 38.5. The van der Waals surface area contributed by atoms with Gasteiger partial charge in [-0.05, 0) is 87.6 Å². The Morgan fingerprint density at radius 3 is 2.16 bits per heavy atom. The molecule has 55 heavy (non-hydrogen) atoms. The number of aromatic nitrogens is 3. The first kappa shape index (κ1) is 36.9. The van der Waals surface area contributed by atoms with Crippen molar-refractivity contribution >= 4 is 51.8 Å². The number of para-hydroxylation sites is 2. The number of hydrogen-bond acceptors (Lipinski definition) is 7. The minimum atomic E-state index is -0.698. The summed E-state index contributed by atoms with van der Waals surface area (Å²) in [6, 6.07) is 33.2. The second-order valence-corrected chi connectivity index (χ2v) is 14.7. The second kappa shape index (κ2) is 15.9. The number of carbonyl (C=O) groups is 3. The van der Waals surface area contributed by atoms with Crippen LogP contribution in [0.5, 0.6) is 0 Å². The van der Waals surface area contributed by atoms with Gasteiger partial charge in [-0.15, -0.1) is 0 Å². The molecule has 3 heterocycles. The van der Waals surface area contributed by atoms with Gasteiger partial charge in [-0.2, -0.15) is 0 Å². The van der Waals surface area contributed by atoms with E-state index < -0.39 is 17.6 Å². The number of aryl methyl sites for hydroxylation is 1. The highest BCUT2D eigenvalue weighted by Gasteiger charge is 2.30. The molecule has 3 amide bonds. The molecule has 280 valence electrons. The van der Waals surface area contributed by atoms with Crippen molar-refractivity contribution in [3.63, 3.8) is 0 Å². The summed E-state index contributed by atoms with van der Waals surface area (Å²) < 4.78 is 5.47. The Balaban J connectivity index is 1.07. The molecule has 11 nitrogen and oxygen atoms in total. The van der Waals surface area contributed by atoms with Crippen LogP contribution in [0, 0.1) is 6.92 Å². The number of piperidine rings is 1. The first-order chi connectivity index (χ1) is 26.5.